The van der Waals surface area contributed by atoms with Crippen LogP contribution in [0.25, 0.3) is 0 Å². The smallest absolute Gasteiger partial charge is 0.308 e. The van der Waals surface area contributed by atoms with Crippen molar-refractivity contribution in [1.29, 1.82) is 0 Å². The Balaban J connectivity index is 2.07. The Morgan fingerprint density at radius 2 is 2.04 bits per heavy atom. The predicted octanol–water partition coefficient (Wildman–Crippen LogP) is 3.88. The lowest BCUT2D eigenvalue weighted by atomic mass is 9.91. The van der Waals surface area contributed by atoms with Crippen LogP contribution in [0.1, 0.15) is 32.3 Å². The van der Waals surface area contributed by atoms with E-state index in [-0.39, 0.29) is 24.4 Å². The minimum absolute atomic E-state index is 0.0190. The van der Waals surface area contributed by atoms with Gasteiger partial charge in [-0.3, -0.25) is 9.59 Å². The number of carboxylic acids is 1. The van der Waals surface area contributed by atoms with Gasteiger partial charge < -0.3 is 10.0 Å². The molecule has 0 aromatic heterocycles. The minimum Gasteiger partial charge on any atom is -0.481 e. The highest BCUT2D eigenvalue weighted by Crippen LogP contribution is 2.27. The summed E-state index contributed by atoms with van der Waals surface area (Å²) in [6.07, 6.45) is 1.85. The Bertz CT molecular complexity index is 606. The van der Waals surface area contributed by atoms with Crippen molar-refractivity contribution in [1.82, 2.24) is 4.90 Å². The molecule has 1 saturated heterocycles. The molecule has 0 bridgehead atoms. The van der Waals surface area contributed by atoms with Crippen LogP contribution >= 0.6 is 23.2 Å². The molecular weight excluding hydrogens is 337 g/mol. The van der Waals surface area contributed by atoms with Gasteiger partial charge in [-0.15, -0.1) is 0 Å². The molecule has 1 N–H and O–H groups in total. The first-order valence-corrected chi connectivity index (χ1v) is 8.52. The fourth-order valence-corrected chi connectivity index (χ4v) is 3.49. The van der Waals surface area contributed by atoms with Crippen LogP contribution < -0.4 is 0 Å². The number of carbonyl (C=O) groups excluding carboxylic acids is 1. The molecule has 1 heterocycles. The van der Waals surface area contributed by atoms with Crippen LogP contribution in [-0.2, 0) is 16.0 Å². The quantitative estimate of drug-likeness (QED) is 0.889. The number of likely N-dealkylation sites (tertiary alicyclic amines) is 1. The normalized spacial score (nSPS) is 22.7. The second-order valence-corrected chi connectivity index (χ2v) is 7.14. The highest BCUT2D eigenvalue weighted by molar-refractivity contribution is 6.35. The molecule has 2 rings (SSSR count). The van der Waals surface area contributed by atoms with Gasteiger partial charge in [-0.25, -0.2) is 0 Å². The molecule has 0 radical (unpaired) electrons. The number of aliphatic carboxylic acids is 1. The molecule has 23 heavy (non-hydrogen) atoms. The van der Waals surface area contributed by atoms with Gasteiger partial charge in [0.2, 0.25) is 5.91 Å². The number of halogens is 2. The Hall–Kier alpha value is -1.26. The van der Waals surface area contributed by atoms with Crippen LogP contribution in [0, 0.1) is 11.8 Å². The first kappa shape index (κ1) is 18.1. The van der Waals surface area contributed by atoms with Gasteiger partial charge in [0, 0.05) is 28.5 Å². The fraction of sp³-hybridized carbons (Fsp3) is 0.529. The standard InChI is InChI=1S/C17H21Cl2NO3/c1-10(7-12-5-6-14(18)8-15(12)19)16(21)20-9-13(17(22)23)4-3-11(20)2/h5-6,8,10-11,13H,3-4,7,9H2,1-2H3,(H,22,23). The van der Waals surface area contributed by atoms with E-state index in [1.807, 2.05) is 19.9 Å². The van der Waals surface area contributed by atoms with Crippen molar-refractivity contribution in [3.63, 3.8) is 0 Å². The number of carbonyl (C=O) groups is 2. The van der Waals surface area contributed by atoms with Crippen molar-refractivity contribution < 1.29 is 14.7 Å². The number of amides is 1. The Morgan fingerprint density at radius 3 is 2.65 bits per heavy atom. The largest absolute Gasteiger partial charge is 0.481 e. The molecule has 0 spiro atoms. The Labute approximate surface area is 146 Å². The molecule has 1 fully saturated rings. The third-order valence-electron chi connectivity index (χ3n) is 4.48. The molecule has 3 atom stereocenters. The lowest BCUT2D eigenvalue weighted by Crippen LogP contribution is -2.49. The highest BCUT2D eigenvalue weighted by atomic mass is 35.5. The number of hydrogen-bond acceptors (Lipinski definition) is 2. The lowest BCUT2D eigenvalue weighted by molar-refractivity contribution is -0.148. The molecule has 1 aromatic rings. The van der Waals surface area contributed by atoms with E-state index in [9.17, 15) is 14.7 Å². The van der Waals surface area contributed by atoms with Crippen molar-refractivity contribution >= 4 is 35.1 Å². The molecule has 1 aliphatic heterocycles. The van der Waals surface area contributed by atoms with Crippen LogP contribution in [0.2, 0.25) is 10.0 Å². The van der Waals surface area contributed by atoms with Gasteiger partial charge in [0.25, 0.3) is 0 Å². The average Bonchev–Trinajstić information content (AvgIpc) is 2.49. The summed E-state index contributed by atoms with van der Waals surface area (Å²) >= 11 is 12.1. The van der Waals surface area contributed by atoms with Gasteiger partial charge in [-0.05, 0) is 43.9 Å². The van der Waals surface area contributed by atoms with Crippen molar-refractivity contribution in [2.24, 2.45) is 11.8 Å². The first-order valence-electron chi connectivity index (χ1n) is 7.76. The van der Waals surface area contributed by atoms with Gasteiger partial charge in [0.15, 0.2) is 0 Å². The second-order valence-electron chi connectivity index (χ2n) is 6.29. The summed E-state index contributed by atoms with van der Waals surface area (Å²) in [5.41, 5.74) is 0.872. The summed E-state index contributed by atoms with van der Waals surface area (Å²) in [7, 11) is 0. The zero-order valence-corrected chi connectivity index (χ0v) is 14.8. The average molecular weight is 358 g/mol. The number of benzene rings is 1. The summed E-state index contributed by atoms with van der Waals surface area (Å²) in [6, 6.07) is 5.32. The van der Waals surface area contributed by atoms with E-state index in [4.69, 9.17) is 23.2 Å². The maximum Gasteiger partial charge on any atom is 0.308 e. The van der Waals surface area contributed by atoms with Crippen molar-refractivity contribution in [2.45, 2.75) is 39.2 Å². The third-order valence-corrected chi connectivity index (χ3v) is 5.06. The summed E-state index contributed by atoms with van der Waals surface area (Å²) in [4.78, 5) is 25.6. The van der Waals surface area contributed by atoms with Crippen LogP contribution in [0.5, 0.6) is 0 Å². The third kappa shape index (κ3) is 4.39. The highest BCUT2D eigenvalue weighted by Gasteiger charge is 2.34. The van der Waals surface area contributed by atoms with Gasteiger partial charge in [-0.2, -0.15) is 0 Å². The van der Waals surface area contributed by atoms with E-state index in [0.29, 0.717) is 22.9 Å². The summed E-state index contributed by atoms with van der Waals surface area (Å²) in [6.45, 7) is 4.11. The zero-order chi connectivity index (χ0) is 17.1. The van der Waals surface area contributed by atoms with Gasteiger partial charge in [0.05, 0.1) is 5.92 Å². The van der Waals surface area contributed by atoms with Crippen molar-refractivity contribution in [2.75, 3.05) is 6.54 Å². The van der Waals surface area contributed by atoms with Gasteiger partial charge in [0.1, 0.15) is 0 Å². The summed E-state index contributed by atoms with van der Waals surface area (Å²) in [5.74, 6) is -1.58. The van der Waals surface area contributed by atoms with E-state index < -0.39 is 11.9 Å². The number of nitrogens with zero attached hydrogens (tertiary/aromatic N) is 1. The first-order chi connectivity index (χ1) is 10.8. The zero-order valence-electron chi connectivity index (χ0n) is 13.3. The number of hydrogen-bond donors (Lipinski definition) is 1. The Kier molecular flexibility index (Phi) is 5.93. The molecule has 126 valence electrons. The summed E-state index contributed by atoms with van der Waals surface area (Å²) in [5, 5.41) is 10.3. The molecule has 1 aromatic carbocycles. The molecular formula is C17H21Cl2NO3. The molecule has 1 amide bonds. The van der Waals surface area contributed by atoms with E-state index in [1.165, 1.54) is 0 Å². The van der Waals surface area contributed by atoms with Crippen LogP contribution in [0.15, 0.2) is 18.2 Å². The number of piperidine rings is 1. The van der Waals surface area contributed by atoms with E-state index >= 15 is 0 Å². The maximum absolute atomic E-state index is 12.7. The molecule has 4 nitrogen and oxygen atoms in total. The Morgan fingerprint density at radius 1 is 1.35 bits per heavy atom. The van der Waals surface area contributed by atoms with Crippen LogP contribution in [-0.4, -0.2) is 34.5 Å². The fourth-order valence-electron chi connectivity index (χ4n) is 3.00. The molecule has 0 aliphatic carbocycles. The second kappa shape index (κ2) is 7.54. The SMILES string of the molecule is CC(Cc1ccc(Cl)cc1Cl)C(=O)N1CC(C(=O)O)CCC1C. The topological polar surface area (TPSA) is 57.6 Å². The molecule has 6 heteroatoms. The van der Waals surface area contributed by atoms with Crippen LogP contribution in [0.3, 0.4) is 0 Å². The maximum atomic E-state index is 12.7. The number of carboxylic acid groups (broad SMARTS) is 1. The summed E-state index contributed by atoms with van der Waals surface area (Å²) < 4.78 is 0. The van der Waals surface area contributed by atoms with E-state index in [0.717, 1.165) is 12.0 Å². The van der Waals surface area contributed by atoms with Crippen molar-refractivity contribution in [3.8, 4) is 0 Å². The minimum atomic E-state index is -0.830. The van der Waals surface area contributed by atoms with E-state index in [2.05, 4.69) is 0 Å². The van der Waals surface area contributed by atoms with Crippen LogP contribution in [0.4, 0.5) is 0 Å². The van der Waals surface area contributed by atoms with Gasteiger partial charge >= 0.3 is 5.97 Å². The molecule has 1 aliphatic rings. The monoisotopic (exact) mass is 357 g/mol. The van der Waals surface area contributed by atoms with E-state index in [1.54, 1.807) is 17.0 Å². The van der Waals surface area contributed by atoms with Crippen molar-refractivity contribution in [3.05, 3.63) is 33.8 Å². The number of rotatable bonds is 4. The lowest BCUT2D eigenvalue weighted by Gasteiger charge is -2.38. The van der Waals surface area contributed by atoms with Gasteiger partial charge in [-0.1, -0.05) is 36.2 Å². The molecule has 3 unspecified atom stereocenters. The predicted molar refractivity (Wildman–Crippen MR) is 90.9 cm³/mol. The molecule has 0 saturated carbocycles.